The molecule has 0 saturated heterocycles. The van der Waals surface area contributed by atoms with E-state index in [-0.39, 0.29) is 15.6 Å². The molecule has 0 aliphatic heterocycles. The van der Waals surface area contributed by atoms with E-state index in [4.69, 9.17) is 16.7 Å². The van der Waals surface area contributed by atoms with E-state index in [0.29, 0.717) is 24.0 Å². The molecule has 0 atom stereocenters. The van der Waals surface area contributed by atoms with Gasteiger partial charge >= 0.3 is 6.18 Å². The number of H-pyrrole nitrogens is 1. The van der Waals surface area contributed by atoms with E-state index >= 15 is 0 Å². The van der Waals surface area contributed by atoms with Crippen LogP contribution in [0.1, 0.15) is 45.7 Å². The number of benzene rings is 2. The average Bonchev–Trinajstić information content (AvgIpc) is 3.11. The van der Waals surface area contributed by atoms with Crippen molar-refractivity contribution in [2.75, 3.05) is 0 Å². The van der Waals surface area contributed by atoms with Gasteiger partial charge in [0.15, 0.2) is 0 Å². The number of nitrogens with two attached hydrogens (primary N) is 1. The molecule has 0 unspecified atom stereocenters. The number of aromatic nitrogens is 1. The lowest BCUT2D eigenvalue weighted by molar-refractivity contribution is -0.137. The Balaban J connectivity index is 1.92. The van der Waals surface area contributed by atoms with Gasteiger partial charge in [-0.2, -0.15) is 13.2 Å². The van der Waals surface area contributed by atoms with Gasteiger partial charge in [-0.1, -0.05) is 29.8 Å². The predicted octanol–water partition coefficient (Wildman–Crippen LogP) is 5.11. The molecule has 0 saturated carbocycles. The van der Waals surface area contributed by atoms with Crippen LogP contribution in [-0.4, -0.2) is 19.2 Å². The van der Waals surface area contributed by atoms with Gasteiger partial charge in [0.1, 0.15) is 0 Å². The largest absolute Gasteiger partial charge is 0.417 e. The smallest absolute Gasteiger partial charge is 0.355 e. The van der Waals surface area contributed by atoms with Gasteiger partial charge < -0.3 is 4.98 Å². The van der Waals surface area contributed by atoms with Crippen molar-refractivity contribution in [3.8, 4) is 11.1 Å². The zero-order valence-electron chi connectivity index (χ0n) is 16.6. The third-order valence-electron chi connectivity index (χ3n) is 5.54. The maximum Gasteiger partial charge on any atom is 0.417 e. The molecule has 168 valence electrons. The molecular formula is C22H18ClF3N2O3S. The first-order chi connectivity index (χ1) is 15.0. The van der Waals surface area contributed by atoms with Crippen LogP contribution < -0.4 is 5.14 Å². The number of hydrogen-bond acceptors (Lipinski definition) is 3. The molecule has 32 heavy (non-hydrogen) atoms. The summed E-state index contributed by atoms with van der Waals surface area (Å²) >= 11 is 6.06. The first-order valence-electron chi connectivity index (χ1n) is 9.76. The first kappa shape index (κ1) is 22.6. The highest BCUT2D eigenvalue weighted by Gasteiger charge is 2.38. The summed E-state index contributed by atoms with van der Waals surface area (Å²) in [4.78, 5) is 16.4. The molecule has 5 nitrogen and oxygen atoms in total. The van der Waals surface area contributed by atoms with Gasteiger partial charge in [-0.3, -0.25) is 4.79 Å². The van der Waals surface area contributed by atoms with Crippen molar-refractivity contribution < 1.29 is 26.4 Å². The molecule has 0 amide bonds. The quantitative estimate of drug-likeness (QED) is 0.506. The number of nitrogens with one attached hydrogen (secondary N) is 1. The Kier molecular flexibility index (Phi) is 5.68. The molecular weight excluding hydrogens is 465 g/mol. The van der Waals surface area contributed by atoms with E-state index in [1.54, 1.807) is 0 Å². The topological polar surface area (TPSA) is 93.0 Å². The maximum atomic E-state index is 13.6. The van der Waals surface area contributed by atoms with Gasteiger partial charge in [-0.05, 0) is 61.1 Å². The summed E-state index contributed by atoms with van der Waals surface area (Å²) in [5, 5.41) is 4.86. The van der Waals surface area contributed by atoms with Gasteiger partial charge in [0.05, 0.1) is 26.7 Å². The molecule has 0 bridgehead atoms. The second-order valence-corrected chi connectivity index (χ2v) is 9.57. The minimum absolute atomic E-state index is 0.00106. The molecule has 1 aliphatic carbocycles. The van der Waals surface area contributed by atoms with E-state index in [0.717, 1.165) is 36.2 Å². The third kappa shape index (κ3) is 4.07. The summed E-state index contributed by atoms with van der Waals surface area (Å²) in [6, 6.07) is 8.80. The van der Waals surface area contributed by atoms with Crippen LogP contribution in [0.25, 0.3) is 11.1 Å². The Morgan fingerprint density at radius 3 is 2.31 bits per heavy atom. The zero-order valence-corrected chi connectivity index (χ0v) is 18.2. The highest BCUT2D eigenvalue weighted by atomic mass is 35.5. The number of halogens is 4. The zero-order chi connectivity index (χ0) is 23.3. The molecule has 0 fully saturated rings. The fourth-order valence-electron chi connectivity index (χ4n) is 4.10. The number of hydrogen-bond donors (Lipinski definition) is 2. The highest BCUT2D eigenvalue weighted by Crippen LogP contribution is 2.40. The van der Waals surface area contributed by atoms with Crippen molar-refractivity contribution in [1.29, 1.82) is 0 Å². The standard InChI is InChI=1S/C22H18ClF3N2O3S/c23-16-6-3-5-15(22(24,25)26)19(16)21(29)20-18(14-4-1-2-7-17(14)28-20)12-8-10-13(11-9-12)32(27,30)31/h3,5-6,8-11,28H,1-2,4,7H2,(H2,27,30,31). The van der Waals surface area contributed by atoms with Crippen LogP contribution in [0.4, 0.5) is 13.2 Å². The molecule has 1 heterocycles. The highest BCUT2D eigenvalue weighted by molar-refractivity contribution is 7.89. The van der Waals surface area contributed by atoms with Gasteiger partial charge in [0.25, 0.3) is 0 Å². The number of ketones is 1. The van der Waals surface area contributed by atoms with Crippen molar-refractivity contribution in [2.24, 2.45) is 5.14 Å². The second kappa shape index (κ2) is 8.06. The number of aryl methyl sites for hydroxylation is 1. The van der Waals surface area contributed by atoms with Crippen LogP contribution in [0.15, 0.2) is 47.4 Å². The van der Waals surface area contributed by atoms with Crippen molar-refractivity contribution in [3.63, 3.8) is 0 Å². The third-order valence-corrected chi connectivity index (χ3v) is 6.78. The predicted molar refractivity (Wildman–Crippen MR) is 114 cm³/mol. The van der Waals surface area contributed by atoms with E-state index < -0.39 is 33.1 Å². The fourth-order valence-corrected chi connectivity index (χ4v) is 4.88. The summed E-state index contributed by atoms with van der Waals surface area (Å²) in [6.07, 6.45) is -1.73. The second-order valence-electron chi connectivity index (χ2n) is 7.60. The normalized spacial score (nSPS) is 14.3. The SMILES string of the molecule is NS(=O)(=O)c1ccc(-c2c(C(=O)c3c(Cl)cccc3C(F)(F)F)[nH]c3c2CCCC3)cc1. The Labute approximate surface area is 187 Å². The number of aromatic amines is 1. The number of primary sulfonamides is 1. The van der Waals surface area contributed by atoms with Crippen LogP contribution in [0.5, 0.6) is 0 Å². The summed E-state index contributed by atoms with van der Waals surface area (Å²) in [5.41, 5.74) is 0.841. The molecule has 3 N–H and O–H groups in total. The van der Waals surface area contributed by atoms with E-state index in [1.807, 2.05) is 0 Å². The minimum atomic E-state index is -4.76. The van der Waals surface area contributed by atoms with Crippen LogP contribution in [0.3, 0.4) is 0 Å². The number of carbonyl (C=O) groups excluding carboxylic acids is 1. The molecule has 4 rings (SSSR count). The van der Waals surface area contributed by atoms with Gasteiger partial charge in [0.2, 0.25) is 15.8 Å². The summed E-state index contributed by atoms with van der Waals surface area (Å²) in [7, 11) is -3.92. The molecule has 2 aromatic carbocycles. The summed E-state index contributed by atoms with van der Waals surface area (Å²) < 4.78 is 64.0. The van der Waals surface area contributed by atoms with Gasteiger partial charge in [0, 0.05) is 11.3 Å². The van der Waals surface area contributed by atoms with Crippen molar-refractivity contribution in [3.05, 3.63) is 75.6 Å². The van der Waals surface area contributed by atoms with Gasteiger partial charge in [-0.25, -0.2) is 13.6 Å². The lowest BCUT2D eigenvalue weighted by atomic mass is 9.89. The van der Waals surface area contributed by atoms with E-state index in [1.165, 1.54) is 30.3 Å². The molecule has 3 aromatic rings. The number of rotatable bonds is 4. The molecule has 0 radical (unpaired) electrons. The fraction of sp³-hybridized carbons (Fsp3) is 0.227. The number of carbonyl (C=O) groups is 1. The lowest BCUT2D eigenvalue weighted by Crippen LogP contribution is -2.15. The van der Waals surface area contributed by atoms with Crippen molar-refractivity contribution in [1.82, 2.24) is 4.98 Å². The van der Waals surface area contributed by atoms with E-state index in [9.17, 15) is 26.4 Å². The van der Waals surface area contributed by atoms with E-state index in [2.05, 4.69) is 4.98 Å². The Hall–Kier alpha value is -2.62. The molecule has 0 spiro atoms. The average molecular weight is 483 g/mol. The summed E-state index contributed by atoms with van der Waals surface area (Å²) in [5.74, 6) is -0.872. The van der Waals surface area contributed by atoms with Crippen molar-refractivity contribution >= 4 is 27.4 Å². The minimum Gasteiger partial charge on any atom is -0.355 e. The number of sulfonamides is 1. The maximum absolute atomic E-state index is 13.6. The monoisotopic (exact) mass is 482 g/mol. The van der Waals surface area contributed by atoms with Crippen LogP contribution in [-0.2, 0) is 29.0 Å². The van der Waals surface area contributed by atoms with Crippen LogP contribution in [0.2, 0.25) is 5.02 Å². The van der Waals surface area contributed by atoms with Crippen LogP contribution in [0, 0.1) is 0 Å². The lowest BCUT2D eigenvalue weighted by Gasteiger charge is -2.15. The molecule has 1 aromatic heterocycles. The number of fused-ring (bicyclic) bond motifs is 1. The van der Waals surface area contributed by atoms with Crippen LogP contribution >= 0.6 is 11.6 Å². The first-order valence-corrected chi connectivity index (χ1v) is 11.7. The molecule has 1 aliphatic rings. The number of alkyl halides is 3. The Morgan fingerprint density at radius 1 is 1.03 bits per heavy atom. The Morgan fingerprint density at radius 2 is 1.69 bits per heavy atom. The van der Waals surface area contributed by atoms with Gasteiger partial charge in [-0.15, -0.1) is 0 Å². The molecule has 10 heteroatoms. The Bertz CT molecular complexity index is 1310. The summed E-state index contributed by atoms with van der Waals surface area (Å²) in [6.45, 7) is 0. The van der Waals surface area contributed by atoms with Crippen molar-refractivity contribution in [2.45, 2.75) is 36.8 Å².